The molecule has 0 aliphatic rings. The minimum Gasteiger partial charge on any atom is -0.464 e. The quantitative estimate of drug-likeness (QED) is 0.429. The molecule has 3 aromatic heterocycles. The number of pyridine rings is 1. The normalized spacial score (nSPS) is 11.5. The van der Waals surface area contributed by atoms with E-state index in [1.54, 1.807) is 35.8 Å². The van der Waals surface area contributed by atoms with Gasteiger partial charge in [0, 0.05) is 12.1 Å². The van der Waals surface area contributed by atoms with Gasteiger partial charge < -0.3 is 15.5 Å². The van der Waals surface area contributed by atoms with E-state index in [0.29, 0.717) is 23.8 Å². The summed E-state index contributed by atoms with van der Waals surface area (Å²) in [4.78, 5) is 5.75. The molecule has 0 spiro atoms. The van der Waals surface area contributed by atoms with Gasteiger partial charge in [-0.05, 0) is 47.3 Å². The number of furan rings is 1. The van der Waals surface area contributed by atoms with Crippen LogP contribution in [-0.4, -0.2) is 13.4 Å². The molecule has 4 aromatic rings. The number of nitrogens with two attached hydrogens (primary N) is 2. The molecule has 0 fully saturated rings. The average Bonchev–Trinajstić information content (AvgIpc) is 3.41. The van der Waals surface area contributed by atoms with Crippen LogP contribution in [0, 0.1) is 0 Å². The molecule has 5 N–H and O–H groups in total. The zero-order valence-electron chi connectivity index (χ0n) is 15.2. The number of nitrogens with zero attached hydrogens (tertiary/aromatic N) is 1. The Labute approximate surface area is 172 Å². The fraction of sp³-hybridized carbons (Fsp3) is 0.0500. The van der Waals surface area contributed by atoms with Gasteiger partial charge in [-0.2, -0.15) is 0 Å². The Morgan fingerprint density at radius 2 is 1.90 bits per heavy atom. The molecule has 0 saturated carbocycles. The molecule has 4 rings (SSSR count). The van der Waals surface area contributed by atoms with Crippen molar-refractivity contribution in [2.75, 3.05) is 11.1 Å². The molecule has 0 atom stereocenters. The van der Waals surface area contributed by atoms with E-state index in [1.807, 2.05) is 29.6 Å². The Balaban J connectivity index is 1.66. The fourth-order valence-corrected chi connectivity index (χ4v) is 4.06. The highest BCUT2D eigenvalue weighted by molar-refractivity contribution is 7.89. The van der Waals surface area contributed by atoms with Gasteiger partial charge in [0.05, 0.1) is 27.4 Å². The minimum atomic E-state index is -3.72. The van der Waals surface area contributed by atoms with E-state index in [-0.39, 0.29) is 4.90 Å². The molecule has 29 heavy (non-hydrogen) atoms. The van der Waals surface area contributed by atoms with Crippen LogP contribution >= 0.6 is 11.3 Å². The first-order chi connectivity index (χ1) is 13.9. The Kier molecular flexibility index (Phi) is 5.10. The van der Waals surface area contributed by atoms with Crippen molar-refractivity contribution in [3.63, 3.8) is 0 Å². The van der Waals surface area contributed by atoms with E-state index in [1.165, 1.54) is 12.1 Å². The van der Waals surface area contributed by atoms with Gasteiger partial charge in [-0.1, -0.05) is 18.2 Å². The number of nitrogen functional groups attached to an aromatic ring is 1. The summed E-state index contributed by atoms with van der Waals surface area (Å²) in [5.74, 6) is 1.18. The predicted molar refractivity (Wildman–Crippen MR) is 115 cm³/mol. The summed E-state index contributed by atoms with van der Waals surface area (Å²) >= 11 is 1.58. The average molecular weight is 427 g/mol. The number of sulfonamides is 1. The number of aromatic nitrogens is 1. The first kappa shape index (κ1) is 19.2. The summed E-state index contributed by atoms with van der Waals surface area (Å²) in [7, 11) is -3.72. The van der Waals surface area contributed by atoms with Crippen LogP contribution < -0.4 is 16.2 Å². The first-order valence-electron chi connectivity index (χ1n) is 8.66. The van der Waals surface area contributed by atoms with Gasteiger partial charge in [0.25, 0.3) is 0 Å². The highest BCUT2D eigenvalue weighted by Gasteiger charge is 2.15. The van der Waals surface area contributed by atoms with Crippen molar-refractivity contribution < 1.29 is 12.8 Å². The zero-order chi connectivity index (χ0) is 20.4. The topological polar surface area (TPSA) is 124 Å². The largest absolute Gasteiger partial charge is 0.464 e. The first-order valence-corrected chi connectivity index (χ1v) is 11.1. The second kappa shape index (κ2) is 7.70. The van der Waals surface area contributed by atoms with E-state index in [4.69, 9.17) is 15.3 Å². The number of thiophene rings is 1. The van der Waals surface area contributed by atoms with Crippen molar-refractivity contribution >= 4 is 32.9 Å². The van der Waals surface area contributed by atoms with Crippen LogP contribution in [0.15, 0.2) is 75.6 Å². The minimum absolute atomic E-state index is 0.0682. The molecule has 7 nitrogen and oxygen atoms in total. The molecular formula is C20H18N4O3S2. The lowest BCUT2D eigenvalue weighted by atomic mass is 10.1. The second-order valence-corrected chi connectivity index (χ2v) is 8.82. The highest BCUT2D eigenvalue weighted by atomic mass is 32.2. The highest BCUT2D eigenvalue weighted by Crippen LogP contribution is 2.36. The zero-order valence-corrected chi connectivity index (χ0v) is 16.8. The molecule has 0 bridgehead atoms. The maximum absolute atomic E-state index is 11.4. The molecule has 0 radical (unpaired) electrons. The number of rotatable bonds is 6. The van der Waals surface area contributed by atoms with Crippen molar-refractivity contribution in [2.24, 2.45) is 5.14 Å². The fourth-order valence-electron chi connectivity index (χ4n) is 2.86. The summed E-state index contributed by atoms with van der Waals surface area (Å²) in [5, 5.41) is 10.4. The maximum atomic E-state index is 11.4. The second-order valence-electron chi connectivity index (χ2n) is 6.31. The van der Waals surface area contributed by atoms with Crippen LogP contribution in [0.2, 0.25) is 0 Å². The molecule has 148 valence electrons. The maximum Gasteiger partial charge on any atom is 0.238 e. The van der Waals surface area contributed by atoms with Crippen molar-refractivity contribution in [1.82, 2.24) is 4.98 Å². The van der Waals surface area contributed by atoms with Crippen molar-refractivity contribution in [1.29, 1.82) is 0 Å². The van der Waals surface area contributed by atoms with Gasteiger partial charge in [-0.15, -0.1) is 11.3 Å². The number of primary sulfonamides is 1. The van der Waals surface area contributed by atoms with Crippen LogP contribution in [0.3, 0.4) is 0 Å². The van der Waals surface area contributed by atoms with Crippen LogP contribution in [0.1, 0.15) is 5.56 Å². The summed E-state index contributed by atoms with van der Waals surface area (Å²) in [6.07, 6.45) is 1.60. The third-order valence-corrected chi connectivity index (χ3v) is 6.15. The molecule has 0 aliphatic heterocycles. The SMILES string of the molecule is Nc1c(-c2ccco2)cc(-c2cccs2)nc1NCc1ccc(S(N)(=O)=O)cc1. The molecule has 0 saturated heterocycles. The van der Waals surface area contributed by atoms with Crippen molar-refractivity contribution in [3.05, 3.63) is 71.8 Å². The number of benzene rings is 1. The number of hydrogen-bond donors (Lipinski definition) is 3. The molecule has 3 heterocycles. The van der Waals surface area contributed by atoms with E-state index in [9.17, 15) is 8.42 Å². The number of anilines is 2. The Hall–Kier alpha value is -3.14. The van der Waals surface area contributed by atoms with E-state index in [0.717, 1.165) is 21.7 Å². The number of hydrogen-bond acceptors (Lipinski definition) is 7. The third kappa shape index (κ3) is 4.16. The van der Waals surface area contributed by atoms with E-state index >= 15 is 0 Å². The van der Waals surface area contributed by atoms with Gasteiger partial charge in [-0.25, -0.2) is 18.5 Å². The van der Waals surface area contributed by atoms with Crippen LogP contribution in [0.4, 0.5) is 11.5 Å². The smallest absolute Gasteiger partial charge is 0.238 e. The summed E-state index contributed by atoms with van der Waals surface area (Å²) in [5.41, 5.74) is 9.23. The van der Waals surface area contributed by atoms with Gasteiger partial charge >= 0.3 is 0 Å². The molecule has 9 heteroatoms. The van der Waals surface area contributed by atoms with E-state index in [2.05, 4.69) is 10.3 Å². The number of nitrogens with one attached hydrogen (secondary N) is 1. The monoisotopic (exact) mass is 426 g/mol. The Bertz CT molecular complexity index is 1220. The van der Waals surface area contributed by atoms with Gasteiger partial charge in [0.2, 0.25) is 10.0 Å². The molecule has 0 aliphatic carbocycles. The summed E-state index contributed by atoms with van der Waals surface area (Å²) in [6, 6.07) is 15.8. The van der Waals surface area contributed by atoms with Crippen LogP contribution in [-0.2, 0) is 16.6 Å². The standard InChI is InChI=1S/C20H18N4O3S2/c21-19-15(17-3-1-9-27-17)11-16(18-4-2-10-28-18)24-20(19)23-12-13-5-7-14(8-6-13)29(22,25)26/h1-11H,12,21H2,(H,23,24)(H2,22,25,26). The van der Waals surface area contributed by atoms with Gasteiger partial charge in [0.15, 0.2) is 5.82 Å². The van der Waals surface area contributed by atoms with Gasteiger partial charge in [0.1, 0.15) is 5.76 Å². The molecule has 0 unspecified atom stereocenters. The predicted octanol–water partition coefficient (Wildman–Crippen LogP) is 3.91. The molecule has 1 aromatic carbocycles. The van der Waals surface area contributed by atoms with Crippen LogP contribution in [0.25, 0.3) is 21.9 Å². The summed E-state index contributed by atoms with van der Waals surface area (Å²) < 4.78 is 28.3. The lowest BCUT2D eigenvalue weighted by Gasteiger charge is -2.13. The summed E-state index contributed by atoms with van der Waals surface area (Å²) in [6.45, 7) is 0.410. The van der Waals surface area contributed by atoms with Crippen molar-refractivity contribution in [3.8, 4) is 21.9 Å². The lowest BCUT2D eigenvalue weighted by Crippen LogP contribution is -2.12. The van der Waals surface area contributed by atoms with E-state index < -0.39 is 10.0 Å². The van der Waals surface area contributed by atoms with Crippen LogP contribution in [0.5, 0.6) is 0 Å². The molecular weight excluding hydrogens is 408 g/mol. The van der Waals surface area contributed by atoms with Crippen molar-refractivity contribution in [2.45, 2.75) is 11.4 Å². The van der Waals surface area contributed by atoms with Gasteiger partial charge in [-0.3, -0.25) is 0 Å². The Morgan fingerprint density at radius 1 is 1.10 bits per heavy atom. The molecule has 0 amide bonds. The third-order valence-electron chi connectivity index (χ3n) is 4.33. The Morgan fingerprint density at radius 3 is 2.52 bits per heavy atom. The lowest BCUT2D eigenvalue weighted by molar-refractivity contribution is 0.582.